The van der Waals surface area contributed by atoms with E-state index in [4.69, 9.17) is 0 Å². The van der Waals surface area contributed by atoms with Crippen molar-refractivity contribution in [3.8, 4) is 0 Å². The summed E-state index contributed by atoms with van der Waals surface area (Å²) in [5.74, 6) is 1.84. The fourth-order valence-corrected chi connectivity index (χ4v) is 3.05. The highest BCUT2D eigenvalue weighted by Gasteiger charge is 2.19. The van der Waals surface area contributed by atoms with Crippen molar-refractivity contribution in [1.29, 1.82) is 0 Å². The van der Waals surface area contributed by atoms with E-state index >= 15 is 0 Å². The van der Waals surface area contributed by atoms with Gasteiger partial charge in [-0.1, -0.05) is 52.9 Å². The Morgan fingerprint density at radius 3 is 2.68 bits per heavy atom. The maximum atomic E-state index is 3.64. The second-order valence-corrected chi connectivity index (χ2v) is 6.75. The lowest BCUT2D eigenvalue weighted by molar-refractivity contribution is 0.288. The normalized spacial score (nSPS) is 24.0. The molecule has 0 aromatic heterocycles. The second kappa shape index (κ2) is 10.7. The number of rotatable bonds is 10. The SMILES string of the molecule is CCC1CCNC(CNCCCCCCC(C)C)C1. The highest BCUT2D eigenvalue weighted by atomic mass is 15.0. The quantitative estimate of drug-likeness (QED) is 0.586. The zero-order valence-electron chi connectivity index (χ0n) is 13.5. The zero-order valence-corrected chi connectivity index (χ0v) is 13.5. The van der Waals surface area contributed by atoms with Gasteiger partial charge in [0.05, 0.1) is 0 Å². The summed E-state index contributed by atoms with van der Waals surface area (Å²) in [5.41, 5.74) is 0. The Morgan fingerprint density at radius 1 is 1.16 bits per heavy atom. The standard InChI is InChI=1S/C17H36N2/c1-4-16-10-12-19-17(13-16)14-18-11-8-6-5-7-9-15(2)3/h15-19H,4-14H2,1-3H3. The Bertz CT molecular complexity index is 203. The Hall–Kier alpha value is -0.0800. The van der Waals surface area contributed by atoms with E-state index in [2.05, 4.69) is 31.4 Å². The highest BCUT2D eigenvalue weighted by Crippen LogP contribution is 2.18. The van der Waals surface area contributed by atoms with E-state index in [1.807, 2.05) is 0 Å². The molecule has 1 aliphatic rings. The molecule has 2 heteroatoms. The Balaban J connectivity index is 1.87. The van der Waals surface area contributed by atoms with Crippen LogP contribution in [0.4, 0.5) is 0 Å². The van der Waals surface area contributed by atoms with Crippen molar-refractivity contribution in [2.24, 2.45) is 11.8 Å². The molecular formula is C17H36N2. The van der Waals surface area contributed by atoms with Crippen LogP contribution in [0.3, 0.4) is 0 Å². The van der Waals surface area contributed by atoms with Crippen LogP contribution in [0, 0.1) is 11.8 Å². The number of hydrogen-bond acceptors (Lipinski definition) is 2. The molecule has 1 heterocycles. The summed E-state index contributed by atoms with van der Waals surface area (Å²) in [6.07, 6.45) is 11.1. The smallest absolute Gasteiger partial charge is 0.0195 e. The molecule has 1 saturated heterocycles. The van der Waals surface area contributed by atoms with Gasteiger partial charge < -0.3 is 10.6 Å². The molecule has 0 aromatic rings. The second-order valence-electron chi connectivity index (χ2n) is 6.75. The average molecular weight is 268 g/mol. The summed E-state index contributed by atoms with van der Waals surface area (Å²) in [6, 6.07) is 0.722. The number of hydrogen-bond donors (Lipinski definition) is 2. The molecular weight excluding hydrogens is 232 g/mol. The summed E-state index contributed by atoms with van der Waals surface area (Å²) in [4.78, 5) is 0. The fraction of sp³-hybridized carbons (Fsp3) is 1.00. The van der Waals surface area contributed by atoms with Crippen molar-refractivity contribution in [3.63, 3.8) is 0 Å². The van der Waals surface area contributed by atoms with E-state index < -0.39 is 0 Å². The predicted molar refractivity (Wildman–Crippen MR) is 85.6 cm³/mol. The van der Waals surface area contributed by atoms with Gasteiger partial charge in [0.1, 0.15) is 0 Å². The van der Waals surface area contributed by atoms with E-state index in [0.717, 1.165) is 17.9 Å². The molecule has 0 aromatic carbocycles. The lowest BCUT2D eigenvalue weighted by atomic mass is 9.90. The van der Waals surface area contributed by atoms with Gasteiger partial charge in [0, 0.05) is 12.6 Å². The number of piperidine rings is 1. The molecule has 114 valence electrons. The van der Waals surface area contributed by atoms with Gasteiger partial charge in [0.2, 0.25) is 0 Å². The third-order valence-corrected chi connectivity index (χ3v) is 4.46. The molecule has 0 radical (unpaired) electrons. The van der Waals surface area contributed by atoms with Gasteiger partial charge in [-0.05, 0) is 44.2 Å². The van der Waals surface area contributed by atoms with Crippen LogP contribution in [0.5, 0.6) is 0 Å². The van der Waals surface area contributed by atoms with Crippen molar-refractivity contribution in [1.82, 2.24) is 10.6 Å². The number of nitrogens with one attached hydrogen (secondary N) is 2. The van der Waals surface area contributed by atoms with Gasteiger partial charge in [-0.15, -0.1) is 0 Å². The van der Waals surface area contributed by atoms with Crippen molar-refractivity contribution in [2.45, 2.75) is 78.2 Å². The van der Waals surface area contributed by atoms with E-state index in [1.54, 1.807) is 0 Å². The van der Waals surface area contributed by atoms with Crippen LogP contribution in [0.1, 0.15) is 72.1 Å². The van der Waals surface area contributed by atoms with Crippen molar-refractivity contribution in [2.75, 3.05) is 19.6 Å². The van der Waals surface area contributed by atoms with Crippen LogP contribution < -0.4 is 10.6 Å². The van der Waals surface area contributed by atoms with Gasteiger partial charge in [-0.3, -0.25) is 0 Å². The first kappa shape index (κ1) is 17.0. The van der Waals surface area contributed by atoms with E-state index in [-0.39, 0.29) is 0 Å². The zero-order chi connectivity index (χ0) is 13.9. The molecule has 0 spiro atoms. The molecule has 0 saturated carbocycles. The van der Waals surface area contributed by atoms with Gasteiger partial charge in [-0.25, -0.2) is 0 Å². The molecule has 2 unspecified atom stereocenters. The minimum absolute atomic E-state index is 0.722. The summed E-state index contributed by atoms with van der Waals surface area (Å²) >= 11 is 0. The van der Waals surface area contributed by atoms with Crippen LogP contribution in [-0.4, -0.2) is 25.7 Å². The minimum Gasteiger partial charge on any atom is -0.315 e. The van der Waals surface area contributed by atoms with Crippen LogP contribution in [-0.2, 0) is 0 Å². The summed E-state index contributed by atoms with van der Waals surface area (Å²) in [5, 5.41) is 7.28. The van der Waals surface area contributed by atoms with Crippen molar-refractivity contribution in [3.05, 3.63) is 0 Å². The first-order chi connectivity index (χ1) is 9.22. The Kier molecular flexibility index (Phi) is 9.54. The molecule has 19 heavy (non-hydrogen) atoms. The van der Waals surface area contributed by atoms with Crippen molar-refractivity contribution >= 4 is 0 Å². The molecule has 2 nitrogen and oxygen atoms in total. The highest BCUT2D eigenvalue weighted by molar-refractivity contribution is 4.79. The van der Waals surface area contributed by atoms with E-state index in [1.165, 1.54) is 71.0 Å². The summed E-state index contributed by atoms with van der Waals surface area (Å²) in [7, 11) is 0. The van der Waals surface area contributed by atoms with Gasteiger partial charge in [0.25, 0.3) is 0 Å². The van der Waals surface area contributed by atoms with E-state index in [9.17, 15) is 0 Å². The average Bonchev–Trinajstić information content (AvgIpc) is 2.41. The summed E-state index contributed by atoms with van der Waals surface area (Å²) < 4.78 is 0. The van der Waals surface area contributed by atoms with Crippen LogP contribution in [0.15, 0.2) is 0 Å². The first-order valence-corrected chi connectivity index (χ1v) is 8.66. The third kappa shape index (κ3) is 8.65. The molecule has 0 bridgehead atoms. The van der Waals surface area contributed by atoms with Crippen LogP contribution in [0.2, 0.25) is 0 Å². The van der Waals surface area contributed by atoms with Gasteiger partial charge in [-0.2, -0.15) is 0 Å². The molecule has 1 aliphatic heterocycles. The maximum Gasteiger partial charge on any atom is 0.0195 e. The Labute approximate surface area is 121 Å². The molecule has 2 N–H and O–H groups in total. The Morgan fingerprint density at radius 2 is 1.95 bits per heavy atom. The monoisotopic (exact) mass is 268 g/mol. The van der Waals surface area contributed by atoms with Crippen LogP contribution in [0.25, 0.3) is 0 Å². The molecule has 1 rings (SSSR count). The molecule has 2 atom stereocenters. The van der Waals surface area contributed by atoms with E-state index in [0.29, 0.717) is 0 Å². The van der Waals surface area contributed by atoms with Crippen LogP contribution >= 0.6 is 0 Å². The predicted octanol–water partition coefficient (Wildman–Crippen LogP) is 3.96. The number of unbranched alkanes of at least 4 members (excludes halogenated alkanes) is 3. The third-order valence-electron chi connectivity index (χ3n) is 4.46. The lowest BCUT2D eigenvalue weighted by Gasteiger charge is -2.30. The maximum absolute atomic E-state index is 3.64. The molecule has 0 aliphatic carbocycles. The summed E-state index contributed by atoms with van der Waals surface area (Å²) in [6.45, 7) is 10.6. The topological polar surface area (TPSA) is 24.1 Å². The minimum atomic E-state index is 0.722. The van der Waals surface area contributed by atoms with Crippen molar-refractivity contribution < 1.29 is 0 Å². The lowest BCUT2D eigenvalue weighted by Crippen LogP contribution is -2.44. The van der Waals surface area contributed by atoms with Gasteiger partial charge in [0.15, 0.2) is 0 Å². The largest absolute Gasteiger partial charge is 0.315 e. The fourth-order valence-electron chi connectivity index (χ4n) is 3.05. The first-order valence-electron chi connectivity index (χ1n) is 8.66. The molecule has 1 fully saturated rings. The molecule has 0 amide bonds. The van der Waals surface area contributed by atoms with Gasteiger partial charge >= 0.3 is 0 Å².